The molecule has 0 heterocycles. The molecule has 3 N–H and O–H groups in total. The smallest absolute Gasteiger partial charge is 0.340 e. The second kappa shape index (κ2) is 24.1. The standard InChI is InChI=1S/C49H60O8S2/c1-3-5-7-11-18-39(50)19-12-8-9-17-32-55-36-37-24-30-46(51)45(34-37)49(52)44-23-16-15-22-43(44)38-25-31-47(58-42-28-26-40(27-29-42)56-33-6-4-2)48(35-38)59(53,54)57-41-20-13-10-14-21-41/h10,13-16,20-31,34-35,39,49-52H,3-9,11-12,17-19,32-33,36H2,1-2H3. The summed E-state index contributed by atoms with van der Waals surface area (Å²) in [5.41, 5.74) is 2.79. The normalized spacial score (nSPS) is 12.6. The van der Waals surface area contributed by atoms with Crippen LogP contribution in [0, 0.1) is 0 Å². The van der Waals surface area contributed by atoms with E-state index in [0.29, 0.717) is 47.0 Å². The van der Waals surface area contributed by atoms with Gasteiger partial charge in [-0.25, -0.2) is 0 Å². The van der Waals surface area contributed by atoms with E-state index in [1.54, 1.807) is 72.8 Å². The van der Waals surface area contributed by atoms with Crippen molar-refractivity contribution >= 4 is 21.9 Å². The number of para-hydroxylation sites is 1. The van der Waals surface area contributed by atoms with Crippen molar-refractivity contribution in [3.63, 3.8) is 0 Å². The summed E-state index contributed by atoms with van der Waals surface area (Å²) in [7, 11) is -4.31. The number of phenolic OH excluding ortho intramolecular Hbond substituents is 1. The Bertz CT molecular complexity index is 2110. The van der Waals surface area contributed by atoms with Crippen LogP contribution in [0.15, 0.2) is 130 Å². The number of phenols is 1. The lowest BCUT2D eigenvalue weighted by atomic mass is 9.92. The first kappa shape index (κ1) is 45.8. The zero-order valence-electron chi connectivity index (χ0n) is 34.4. The Morgan fingerprint density at radius 3 is 2.08 bits per heavy atom. The summed E-state index contributed by atoms with van der Waals surface area (Å²) in [4.78, 5) is 1.28. The van der Waals surface area contributed by atoms with Crippen molar-refractivity contribution in [1.29, 1.82) is 0 Å². The first-order valence-corrected chi connectivity index (χ1v) is 23.3. The van der Waals surface area contributed by atoms with Gasteiger partial charge in [0.05, 0.1) is 19.3 Å². The zero-order chi connectivity index (χ0) is 41.9. The molecule has 8 nitrogen and oxygen atoms in total. The van der Waals surface area contributed by atoms with Crippen LogP contribution >= 0.6 is 11.8 Å². The molecular weight excluding hydrogens is 781 g/mol. The quantitative estimate of drug-likeness (QED) is 0.0369. The molecule has 0 radical (unpaired) electrons. The van der Waals surface area contributed by atoms with Crippen molar-refractivity contribution in [3.8, 4) is 28.4 Å². The van der Waals surface area contributed by atoms with Crippen LogP contribution in [0.2, 0.25) is 0 Å². The average molecular weight is 841 g/mol. The largest absolute Gasteiger partial charge is 0.508 e. The summed E-state index contributed by atoms with van der Waals surface area (Å²) in [5.74, 6) is 0.883. The Balaban J connectivity index is 1.29. The third-order valence-electron chi connectivity index (χ3n) is 10.2. The van der Waals surface area contributed by atoms with Crippen molar-refractivity contribution in [2.75, 3.05) is 13.2 Å². The van der Waals surface area contributed by atoms with E-state index in [1.165, 1.54) is 31.0 Å². The minimum absolute atomic E-state index is 0.0196. The fourth-order valence-electron chi connectivity index (χ4n) is 6.83. The molecule has 0 fully saturated rings. The number of hydrogen-bond donors (Lipinski definition) is 3. The predicted octanol–water partition coefficient (Wildman–Crippen LogP) is 12.0. The molecule has 0 saturated carbocycles. The fraction of sp³-hybridized carbons (Fsp3) is 0.388. The van der Waals surface area contributed by atoms with Gasteiger partial charge in [-0.05, 0) is 109 Å². The third-order valence-corrected chi connectivity index (χ3v) is 12.7. The first-order chi connectivity index (χ1) is 28.7. The third kappa shape index (κ3) is 14.4. The van der Waals surface area contributed by atoms with Crippen LogP contribution in [0.3, 0.4) is 0 Å². The van der Waals surface area contributed by atoms with E-state index in [1.807, 2.05) is 42.5 Å². The van der Waals surface area contributed by atoms with Crippen molar-refractivity contribution < 1.29 is 37.4 Å². The number of aliphatic hydroxyl groups is 2. The van der Waals surface area contributed by atoms with Crippen molar-refractivity contribution in [3.05, 3.63) is 132 Å². The average Bonchev–Trinajstić information content (AvgIpc) is 3.24. The molecule has 0 saturated heterocycles. The van der Waals surface area contributed by atoms with Crippen molar-refractivity contribution in [1.82, 2.24) is 0 Å². The lowest BCUT2D eigenvalue weighted by Gasteiger charge is -2.19. The molecule has 5 aromatic carbocycles. The highest BCUT2D eigenvalue weighted by Gasteiger charge is 2.25. The van der Waals surface area contributed by atoms with E-state index in [-0.39, 0.29) is 22.5 Å². The minimum atomic E-state index is -4.31. The second-order valence-corrected chi connectivity index (χ2v) is 17.6. The molecule has 5 aromatic rings. The van der Waals surface area contributed by atoms with Gasteiger partial charge in [0, 0.05) is 22.0 Å². The molecule has 0 aromatic heterocycles. The molecule has 0 amide bonds. The van der Waals surface area contributed by atoms with Crippen LogP contribution in [-0.2, 0) is 21.5 Å². The summed E-state index contributed by atoms with van der Waals surface area (Å²) in [6.45, 7) is 5.86. The van der Waals surface area contributed by atoms with E-state index < -0.39 is 16.2 Å². The topological polar surface area (TPSA) is 123 Å². The van der Waals surface area contributed by atoms with E-state index in [0.717, 1.165) is 74.0 Å². The maximum absolute atomic E-state index is 14.0. The Hall–Kier alpha value is -4.32. The molecule has 2 atom stereocenters. The van der Waals surface area contributed by atoms with Gasteiger partial charge in [0.15, 0.2) is 0 Å². The minimum Gasteiger partial charge on any atom is -0.508 e. The molecule has 0 spiro atoms. The molecule has 0 aliphatic rings. The van der Waals surface area contributed by atoms with Crippen molar-refractivity contribution in [2.24, 2.45) is 0 Å². The van der Waals surface area contributed by atoms with Crippen molar-refractivity contribution in [2.45, 2.75) is 124 Å². The number of aromatic hydroxyl groups is 1. The van der Waals surface area contributed by atoms with Gasteiger partial charge in [0.1, 0.15) is 28.2 Å². The van der Waals surface area contributed by atoms with E-state index >= 15 is 0 Å². The number of benzene rings is 5. The Morgan fingerprint density at radius 2 is 1.34 bits per heavy atom. The molecule has 316 valence electrons. The number of hydrogen-bond acceptors (Lipinski definition) is 9. The van der Waals surface area contributed by atoms with Gasteiger partial charge in [-0.2, -0.15) is 8.42 Å². The molecule has 10 heteroatoms. The first-order valence-electron chi connectivity index (χ1n) is 21.1. The lowest BCUT2D eigenvalue weighted by Crippen LogP contribution is -2.11. The van der Waals surface area contributed by atoms with Crippen LogP contribution < -0.4 is 8.92 Å². The maximum Gasteiger partial charge on any atom is 0.340 e. The highest BCUT2D eigenvalue weighted by molar-refractivity contribution is 8.00. The molecule has 59 heavy (non-hydrogen) atoms. The monoisotopic (exact) mass is 840 g/mol. The van der Waals surface area contributed by atoms with Gasteiger partial charge < -0.3 is 29.0 Å². The van der Waals surface area contributed by atoms with Gasteiger partial charge in [0.2, 0.25) is 0 Å². The number of ether oxygens (including phenoxy) is 2. The molecule has 2 unspecified atom stereocenters. The SMILES string of the molecule is CCCCCCC(O)CCCCCCOCc1ccc(O)c(C(O)c2ccccc2-c2ccc(Sc3ccc(OCCCC)cc3)c(S(=O)(=O)Oc3ccccc3)c2)c1. The molecule has 0 aliphatic carbocycles. The van der Waals surface area contributed by atoms with Crippen LogP contribution in [0.1, 0.15) is 114 Å². The number of aliphatic hydroxyl groups excluding tert-OH is 2. The fourth-order valence-corrected chi connectivity index (χ4v) is 9.12. The van der Waals surface area contributed by atoms with E-state index in [9.17, 15) is 23.7 Å². The Morgan fingerprint density at radius 1 is 0.644 bits per heavy atom. The van der Waals surface area contributed by atoms with Gasteiger partial charge in [-0.1, -0.05) is 132 Å². The van der Waals surface area contributed by atoms with Gasteiger partial charge in [0.25, 0.3) is 0 Å². The predicted molar refractivity (Wildman–Crippen MR) is 237 cm³/mol. The second-order valence-electron chi connectivity index (χ2n) is 14.9. The van der Waals surface area contributed by atoms with Gasteiger partial charge >= 0.3 is 10.1 Å². The Kier molecular flexibility index (Phi) is 18.7. The summed E-state index contributed by atoms with van der Waals surface area (Å²) in [6.07, 6.45) is 11.1. The van der Waals surface area contributed by atoms with Crippen LogP contribution in [0.4, 0.5) is 0 Å². The zero-order valence-corrected chi connectivity index (χ0v) is 36.1. The molecule has 0 bridgehead atoms. The van der Waals surface area contributed by atoms with Crippen LogP contribution in [-0.4, -0.2) is 43.1 Å². The number of unbranched alkanes of at least 4 members (excludes halogenated alkanes) is 7. The maximum atomic E-state index is 14.0. The molecular formula is C49H60O8S2. The lowest BCUT2D eigenvalue weighted by molar-refractivity contribution is 0.115. The number of rotatable bonds is 26. The summed E-state index contributed by atoms with van der Waals surface area (Å²) in [6, 6.07) is 33.4. The summed E-state index contributed by atoms with van der Waals surface area (Å²) >= 11 is 1.30. The Labute approximate surface area is 355 Å². The van der Waals surface area contributed by atoms with Crippen LogP contribution in [0.25, 0.3) is 11.1 Å². The van der Waals surface area contributed by atoms with E-state index in [2.05, 4.69) is 13.8 Å². The van der Waals surface area contributed by atoms with Gasteiger partial charge in [-0.15, -0.1) is 0 Å². The summed E-state index contributed by atoms with van der Waals surface area (Å²) < 4.78 is 45.4. The van der Waals surface area contributed by atoms with E-state index in [4.69, 9.17) is 13.7 Å². The summed E-state index contributed by atoms with van der Waals surface area (Å²) in [5, 5.41) is 33.0. The molecule has 5 rings (SSSR count). The van der Waals surface area contributed by atoms with Gasteiger partial charge in [-0.3, -0.25) is 0 Å². The highest BCUT2D eigenvalue weighted by Crippen LogP contribution is 2.40. The van der Waals surface area contributed by atoms with Crippen LogP contribution in [0.5, 0.6) is 17.2 Å². The highest BCUT2D eigenvalue weighted by atomic mass is 32.2. The molecule has 0 aliphatic heterocycles.